The van der Waals surface area contributed by atoms with Crippen LogP contribution in [0.2, 0.25) is 0 Å². The van der Waals surface area contributed by atoms with Crippen LogP contribution in [0.5, 0.6) is 5.75 Å². The summed E-state index contributed by atoms with van der Waals surface area (Å²) < 4.78 is 32.8. The first-order chi connectivity index (χ1) is 16.0. The maximum absolute atomic E-state index is 13.7. The molecule has 166 valence electrons. The van der Waals surface area contributed by atoms with Crippen molar-refractivity contribution in [2.24, 2.45) is 7.05 Å². The number of ether oxygens (including phenoxy) is 1. The molecule has 1 fully saturated rings. The molecule has 3 aromatic heterocycles. The van der Waals surface area contributed by atoms with Crippen LogP contribution in [-0.4, -0.2) is 30.9 Å². The second-order valence-electron chi connectivity index (χ2n) is 8.00. The van der Waals surface area contributed by atoms with Gasteiger partial charge in [0.1, 0.15) is 16.5 Å². The Hall–Kier alpha value is -3.66. The monoisotopic (exact) mass is 465 g/mol. The summed E-state index contributed by atoms with van der Waals surface area (Å²) in [6, 6.07) is 11.6. The highest BCUT2D eigenvalue weighted by Gasteiger charge is 2.29. The van der Waals surface area contributed by atoms with Crippen molar-refractivity contribution in [1.82, 2.24) is 24.3 Å². The normalized spacial score (nSPS) is 13.9. The van der Waals surface area contributed by atoms with Gasteiger partial charge in [0.2, 0.25) is 0 Å². The zero-order valence-electron chi connectivity index (χ0n) is 17.4. The molecule has 0 amide bonds. The van der Waals surface area contributed by atoms with Crippen LogP contribution < -0.4 is 10.3 Å². The topological polar surface area (TPSA) is 74.8 Å². The lowest BCUT2D eigenvalue weighted by Gasteiger charge is -2.11. The van der Waals surface area contributed by atoms with Crippen LogP contribution in [0.25, 0.3) is 38.3 Å². The molecule has 0 atom stereocenters. The second kappa shape index (κ2) is 7.45. The first-order valence-corrected chi connectivity index (χ1v) is 11.2. The van der Waals surface area contributed by atoms with Gasteiger partial charge in [0.15, 0.2) is 10.5 Å². The third kappa shape index (κ3) is 3.56. The molecule has 0 aliphatic heterocycles. The lowest BCUT2D eigenvalue weighted by Crippen LogP contribution is -2.22. The number of hydrogen-bond acceptors (Lipinski definition) is 6. The number of nitrogens with zero attached hydrogens (tertiary/aromatic N) is 5. The van der Waals surface area contributed by atoms with Crippen LogP contribution in [0, 0.1) is 0 Å². The summed E-state index contributed by atoms with van der Waals surface area (Å²) in [7, 11) is 1.84. The van der Waals surface area contributed by atoms with Crippen molar-refractivity contribution in [2.45, 2.75) is 25.4 Å². The van der Waals surface area contributed by atoms with Crippen molar-refractivity contribution in [1.29, 1.82) is 0 Å². The predicted octanol–water partition coefficient (Wildman–Crippen LogP) is 4.87. The van der Waals surface area contributed by atoms with E-state index in [4.69, 9.17) is 9.97 Å². The number of benzene rings is 2. The van der Waals surface area contributed by atoms with E-state index in [1.807, 2.05) is 31.4 Å². The SMILES string of the molecule is Cn1cc2cc(-c3nc4sc(C5CC5)nc4n(-c4ccc(OC(F)F)cc4)c3=O)ccc2n1. The first-order valence-electron chi connectivity index (χ1n) is 10.4. The van der Waals surface area contributed by atoms with E-state index < -0.39 is 6.61 Å². The van der Waals surface area contributed by atoms with Gasteiger partial charge >= 0.3 is 6.61 Å². The number of halogens is 2. The Morgan fingerprint density at radius 3 is 2.64 bits per heavy atom. The molecule has 1 aliphatic rings. The summed E-state index contributed by atoms with van der Waals surface area (Å²) in [6.45, 7) is -2.92. The average Bonchev–Trinajstić information content (AvgIpc) is 3.44. The molecule has 0 saturated heterocycles. The van der Waals surface area contributed by atoms with Gasteiger partial charge in [0.25, 0.3) is 5.56 Å². The van der Waals surface area contributed by atoms with E-state index in [1.165, 1.54) is 28.0 Å². The minimum atomic E-state index is -2.92. The van der Waals surface area contributed by atoms with Gasteiger partial charge in [-0.25, -0.2) is 9.97 Å². The molecule has 3 heterocycles. The quantitative estimate of drug-likeness (QED) is 0.370. The molecule has 1 saturated carbocycles. The van der Waals surface area contributed by atoms with Crippen molar-refractivity contribution >= 4 is 32.7 Å². The molecule has 0 spiro atoms. The fourth-order valence-corrected chi connectivity index (χ4v) is 4.99. The maximum atomic E-state index is 13.7. The first kappa shape index (κ1) is 20.0. The molecule has 0 bridgehead atoms. The van der Waals surface area contributed by atoms with Crippen LogP contribution >= 0.6 is 11.3 Å². The molecule has 10 heteroatoms. The van der Waals surface area contributed by atoms with Crippen LogP contribution in [0.4, 0.5) is 8.78 Å². The molecular weight excluding hydrogens is 448 g/mol. The smallest absolute Gasteiger partial charge is 0.387 e. The van der Waals surface area contributed by atoms with Crippen molar-refractivity contribution in [2.75, 3.05) is 0 Å². The van der Waals surface area contributed by atoms with Crippen LogP contribution in [0.1, 0.15) is 23.8 Å². The van der Waals surface area contributed by atoms with E-state index in [0.29, 0.717) is 33.3 Å². The van der Waals surface area contributed by atoms with E-state index in [-0.39, 0.29) is 11.3 Å². The number of aromatic nitrogens is 5. The molecule has 0 unspecified atom stereocenters. The number of alkyl halides is 2. The summed E-state index contributed by atoms with van der Waals surface area (Å²) in [5.41, 5.74) is 2.44. The summed E-state index contributed by atoms with van der Waals surface area (Å²) >= 11 is 1.49. The highest BCUT2D eigenvalue weighted by atomic mass is 32.1. The Kier molecular flexibility index (Phi) is 4.51. The Bertz CT molecular complexity index is 1570. The van der Waals surface area contributed by atoms with Gasteiger partial charge in [-0.2, -0.15) is 13.9 Å². The van der Waals surface area contributed by atoms with Gasteiger partial charge in [-0.05, 0) is 49.2 Å². The highest BCUT2D eigenvalue weighted by molar-refractivity contribution is 7.18. The largest absolute Gasteiger partial charge is 0.435 e. The van der Waals surface area contributed by atoms with Gasteiger partial charge in [0.05, 0.1) is 11.2 Å². The molecule has 33 heavy (non-hydrogen) atoms. The zero-order valence-corrected chi connectivity index (χ0v) is 18.2. The van der Waals surface area contributed by atoms with Crippen LogP contribution in [0.15, 0.2) is 53.5 Å². The molecule has 5 aromatic rings. The van der Waals surface area contributed by atoms with E-state index in [0.717, 1.165) is 28.8 Å². The predicted molar refractivity (Wildman–Crippen MR) is 121 cm³/mol. The standard InChI is InChI=1S/C23H17F2N5O2S/c1-29-11-14-10-13(4-9-17(14)28-29)18-22(31)30(15-5-7-16(8-6-15)32-23(24)25)19-21(26-18)33-20(27-19)12-2-3-12/h4-12,23H,2-3H2,1H3. The molecule has 0 radical (unpaired) electrons. The third-order valence-electron chi connectivity index (χ3n) is 5.58. The lowest BCUT2D eigenvalue weighted by molar-refractivity contribution is -0.0498. The Labute approximate surface area is 189 Å². The van der Waals surface area contributed by atoms with Gasteiger partial charge in [-0.1, -0.05) is 17.4 Å². The molecule has 6 rings (SSSR count). The average molecular weight is 465 g/mol. The summed E-state index contributed by atoms with van der Waals surface area (Å²) in [6.07, 6.45) is 4.04. The Morgan fingerprint density at radius 1 is 1.12 bits per heavy atom. The third-order valence-corrected chi connectivity index (χ3v) is 6.68. The van der Waals surface area contributed by atoms with Gasteiger partial charge in [-0.15, -0.1) is 0 Å². The number of fused-ring (bicyclic) bond motifs is 2. The van der Waals surface area contributed by atoms with E-state index in [2.05, 4.69) is 9.84 Å². The van der Waals surface area contributed by atoms with Crippen LogP contribution in [-0.2, 0) is 7.05 Å². The van der Waals surface area contributed by atoms with Gasteiger partial charge in [-0.3, -0.25) is 14.0 Å². The van der Waals surface area contributed by atoms with Gasteiger partial charge < -0.3 is 4.74 Å². The minimum Gasteiger partial charge on any atom is -0.435 e. The fraction of sp³-hybridized carbons (Fsp3) is 0.217. The lowest BCUT2D eigenvalue weighted by atomic mass is 10.1. The Balaban J connectivity index is 1.56. The summed E-state index contributed by atoms with van der Waals surface area (Å²) in [4.78, 5) is 23.8. The molecular formula is C23H17F2N5O2S. The Morgan fingerprint density at radius 2 is 1.91 bits per heavy atom. The van der Waals surface area contributed by atoms with Crippen molar-refractivity contribution in [3.8, 4) is 22.7 Å². The molecule has 7 nitrogen and oxygen atoms in total. The summed E-state index contributed by atoms with van der Waals surface area (Å²) in [5, 5.41) is 6.25. The van der Waals surface area contributed by atoms with Crippen LogP contribution in [0.3, 0.4) is 0 Å². The maximum Gasteiger partial charge on any atom is 0.387 e. The fourth-order valence-electron chi connectivity index (χ4n) is 3.90. The van der Waals surface area contributed by atoms with E-state index in [9.17, 15) is 13.6 Å². The summed E-state index contributed by atoms with van der Waals surface area (Å²) in [5.74, 6) is 0.427. The second-order valence-corrected chi connectivity index (χ2v) is 9.01. The van der Waals surface area contributed by atoms with Crippen molar-refractivity contribution < 1.29 is 13.5 Å². The number of hydrogen-bond donors (Lipinski definition) is 0. The van der Waals surface area contributed by atoms with E-state index in [1.54, 1.807) is 16.8 Å². The molecule has 2 aromatic carbocycles. The zero-order chi connectivity index (χ0) is 22.7. The highest BCUT2D eigenvalue weighted by Crippen LogP contribution is 2.43. The number of thiazole rings is 1. The van der Waals surface area contributed by atoms with E-state index >= 15 is 0 Å². The number of aryl methyl sites for hydroxylation is 1. The van der Waals surface area contributed by atoms with Crippen molar-refractivity contribution in [3.05, 3.63) is 64.0 Å². The number of rotatable bonds is 5. The van der Waals surface area contributed by atoms with Crippen molar-refractivity contribution in [3.63, 3.8) is 0 Å². The molecule has 0 N–H and O–H groups in total. The minimum absolute atomic E-state index is 0.0197. The molecule has 1 aliphatic carbocycles. The van der Waals surface area contributed by atoms with Gasteiger partial charge in [0, 0.05) is 30.1 Å².